The van der Waals surface area contributed by atoms with Gasteiger partial charge in [-0.25, -0.2) is 4.79 Å². The number of rotatable bonds is 2. The van der Waals surface area contributed by atoms with Gasteiger partial charge in [-0.15, -0.1) is 0 Å². The fraction of sp³-hybridized carbons (Fsp3) is 0.222. The molecule has 0 bridgehead atoms. The van der Waals surface area contributed by atoms with E-state index in [1.807, 2.05) is 0 Å². The molecule has 130 valence electrons. The molecular formula is C18H16F3N2O2+. The monoisotopic (exact) mass is 349 g/mol. The average Bonchev–Trinajstić information content (AvgIpc) is 2.54. The molecule has 0 atom stereocenters. The number of alkyl halides is 3. The molecule has 1 N–H and O–H groups in total. The number of halogens is 3. The van der Waals surface area contributed by atoms with Gasteiger partial charge in [-0.05, 0) is 30.2 Å². The molecule has 0 fully saturated rings. The van der Waals surface area contributed by atoms with Crippen LogP contribution in [0.4, 0.5) is 13.2 Å². The summed E-state index contributed by atoms with van der Waals surface area (Å²) in [7, 11) is 0. The van der Waals surface area contributed by atoms with E-state index in [2.05, 4.69) is 0 Å². The Kier molecular flexibility index (Phi) is 4.02. The van der Waals surface area contributed by atoms with Crippen LogP contribution in [0.15, 0.2) is 53.5 Å². The molecule has 25 heavy (non-hydrogen) atoms. The lowest BCUT2D eigenvalue weighted by Gasteiger charge is -2.11. The molecule has 0 aliphatic rings. The second-order valence-electron chi connectivity index (χ2n) is 6.01. The van der Waals surface area contributed by atoms with Gasteiger partial charge in [0.25, 0.3) is 11.5 Å². The Morgan fingerprint density at radius 3 is 2.48 bits per heavy atom. The van der Waals surface area contributed by atoms with Crippen LogP contribution in [0.3, 0.4) is 0 Å². The molecule has 0 radical (unpaired) electrons. The van der Waals surface area contributed by atoms with Gasteiger partial charge in [-0.3, -0.25) is 0 Å². The quantitative estimate of drug-likeness (QED) is 0.721. The molecule has 3 rings (SSSR count). The normalized spacial score (nSPS) is 12.1. The Hall–Kier alpha value is -2.83. The molecule has 3 aromatic rings. The minimum Gasteiger partial charge on any atom is -0.477 e. The second-order valence-corrected chi connectivity index (χ2v) is 6.01. The van der Waals surface area contributed by atoms with Gasteiger partial charge >= 0.3 is 11.7 Å². The number of pyridine rings is 1. The number of hydrogen-bond donors (Lipinski definition) is 1. The zero-order valence-electron chi connectivity index (χ0n) is 13.6. The maximum atomic E-state index is 13.0. The molecule has 0 saturated heterocycles. The van der Waals surface area contributed by atoms with Gasteiger partial charge in [0, 0.05) is 6.07 Å². The van der Waals surface area contributed by atoms with Crippen molar-refractivity contribution in [1.29, 1.82) is 0 Å². The SMILES string of the molecule is CC(C)c1c(O)[n+]2ccccc2n(-c2cccc(C(F)(F)F)c2)c1=O. The van der Waals surface area contributed by atoms with Crippen LogP contribution in [-0.4, -0.2) is 9.67 Å². The van der Waals surface area contributed by atoms with Gasteiger partial charge in [0.1, 0.15) is 11.3 Å². The molecular weight excluding hydrogens is 333 g/mol. The van der Waals surface area contributed by atoms with E-state index < -0.39 is 17.3 Å². The number of nitrogens with zero attached hydrogens (tertiary/aromatic N) is 2. The highest BCUT2D eigenvalue weighted by atomic mass is 19.4. The zero-order valence-corrected chi connectivity index (χ0v) is 13.6. The van der Waals surface area contributed by atoms with E-state index in [0.29, 0.717) is 0 Å². The number of aromatic nitrogens is 2. The van der Waals surface area contributed by atoms with Crippen LogP contribution in [0.1, 0.15) is 30.9 Å². The summed E-state index contributed by atoms with van der Waals surface area (Å²) in [5.41, 5.74) is -0.886. The van der Waals surface area contributed by atoms with Crippen molar-refractivity contribution in [3.05, 3.63) is 70.1 Å². The van der Waals surface area contributed by atoms with Crippen LogP contribution in [-0.2, 0) is 6.18 Å². The minimum atomic E-state index is -4.51. The number of hydrogen-bond acceptors (Lipinski definition) is 2. The van der Waals surface area contributed by atoms with Crippen LogP contribution >= 0.6 is 0 Å². The first kappa shape index (κ1) is 17.0. The lowest BCUT2D eigenvalue weighted by atomic mass is 10.1. The van der Waals surface area contributed by atoms with Crippen molar-refractivity contribution < 1.29 is 22.7 Å². The van der Waals surface area contributed by atoms with Gasteiger partial charge in [-0.2, -0.15) is 22.1 Å². The van der Waals surface area contributed by atoms with Crippen molar-refractivity contribution in [3.8, 4) is 11.6 Å². The molecule has 0 aliphatic carbocycles. The second kappa shape index (κ2) is 5.91. The molecule has 1 aromatic carbocycles. The Bertz CT molecular complexity index is 1010. The van der Waals surface area contributed by atoms with E-state index in [1.165, 1.54) is 21.1 Å². The topological polar surface area (TPSA) is 46.3 Å². The highest BCUT2D eigenvalue weighted by molar-refractivity contribution is 5.47. The van der Waals surface area contributed by atoms with Crippen molar-refractivity contribution >= 4 is 5.65 Å². The highest BCUT2D eigenvalue weighted by Gasteiger charge is 2.32. The number of benzene rings is 1. The Morgan fingerprint density at radius 2 is 1.84 bits per heavy atom. The summed E-state index contributed by atoms with van der Waals surface area (Å²) in [4.78, 5) is 12.9. The minimum absolute atomic E-state index is 0.0884. The summed E-state index contributed by atoms with van der Waals surface area (Å²) in [5, 5.41) is 10.4. The number of aromatic hydroxyl groups is 1. The van der Waals surface area contributed by atoms with Crippen molar-refractivity contribution in [2.24, 2.45) is 0 Å². The number of fused-ring (bicyclic) bond motifs is 1. The average molecular weight is 349 g/mol. The fourth-order valence-corrected chi connectivity index (χ4v) is 2.82. The third kappa shape index (κ3) is 2.86. The van der Waals surface area contributed by atoms with Crippen molar-refractivity contribution in [1.82, 2.24) is 4.57 Å². The Morgan fingerprint density at radius 1 is 1.12 bits per heavy atom. The van der Waals surface area contributed by atoms with E-state index in [9.17, 15) is 23.1 Å². The van der Waals surface area contributed by atoms with Gasteiger partial charge in [-0.1, -0.05) is 26.0 Å². The smallest absolute Gasteiger partial charge is 0.416 e. The molecule has 0 unspecified atom stereocenters. The summed E-state index contributed by atoms with van der Waals surface area (Å²) >= 11 is 0. The Labute approximate surface area is 141 Å². The van der Waals surface area contributed by atoms with Crippen LogP contribution in [0.5, 0.6) is 5.88 Å². The van der Waals surface area contributed by atoms with Crippen LogP contribution in [0.25, 0.3) is 11.3 Å². The molecule has 4 nitrogen and oxygen atoms in total. The van der Waals surface area contributed by atoms with E-state index >= 15 is 0 Å². The largest absolute Gasteiger partial charge is 0.477 e. The zero-order chi connectivity index (χ0) is 18.4. The van der Waals surface area contributed by atoms with E-state index in [4.69, 9.17) is 0 Å². The summed E-state index contributed by atoms with van der Waals surface area (Å²) in [6, 6.07) is 9.44. The maximum absolute atomic E-state index is 13.0. The fourth-order valence-electron chi connectivity index (χ4n) is 2.82. The van der Waals surface area contributed by atoms with Gasteiger partial charge < -0.3 is 5.11 Å². The van der Waals surface area contributed by atoms with Gasteiger partial charge in [0.05, 0.1) is 11.8 Å². The summed E-state index contributed by atoms with van der Waals surface area (Å²) < 4.78 is 41.7. The Balaban J connectivity index is 2.43. The molecule has 0 saturated carbocycles. The molecule has 0 aliphatic heterocycles. The van der Waals surface area contributed by atoms with E-state index in [0.717, 1.165) is 12.1 Å². The highest BCUT2D eigenvalue weighted by Crippen LogP contribution is 2.30. The summed E-state index contributed by atoms with van der Waals surface area (Å²) in [6.45, 7) is 3.48. The first-order valence-corrected chi connectivity index (χ1v) is 7.67. The molecule has 2 aromatic heterocycles. The van der Waals surface area contributed by atoms with Crippen LogP contribution in [0, 0.1) is 0 Å². The summed E-state index contributed by atoms with van der Waals surface area (Å²) in [6.07, 6.45) is -2.96. The third-order valence-electron chi connectivity index (χ3n) is 3.98. The lowest BCUT2D eigenvalue weighted by molar-refractivity contribution is -0.527. The summed E-state index contributed by atoms with van der Waals surface area (Å²) in [5.74, 6) is -0.513. The van der Waals surface area contributed by atoms with E-state index in [-0.39, 0.29) is 28.7 Å². The van der Waals surface area contributed by atoms with Crippen molar-refractivity contribution in [3.63, 3.8) is 0 Å². The standard InChI is InChI=1S/C18H15F3N2O2/c1-11(2)15-16(24)22-9-4-3-8-14(22)23(17(15)25)13-7-5-6-12(10-13)18(19,20)21/h3-11H,1-2H3/p+1. The predicted octanol–water partition coefficient (Wildman–Crippen LogP) is 3.42. The van der Waals surface area contributed by atoms with Crippen molar-refractivity contribution in [2.75, 3.05) is 0 Å². The molecule has 7 heteroatoms. The van der Waals surface area contributed by atoms with Crippen LogP contribution < -0.4 is 9.96 Å². The lowest BCUT2D eigenvalue weighted by Crippen LogP contribution is -2.36. The first-order chi connectivity index (χ1) is 11.7. The molecule has 0 amide bonds. The third-order valence-corrected chi connectivity index (χ3v) is 3.98. The van der Waals surface area contributed by atoms with E-state index in [1.54, 1.807) is 38.2 Å². The van der Waals surface area contributed by atoms with Gasteiger partial charge in [0.15, 0.2) is 0 Å². The predicted molar refractivity (Wildman–Crippen MR) is 86.0 cm³/mol. The maximum Gasteiger partial charge on any atom is 0.416 e. The molecule has 0 spiro atoms. The van der Waals surface area contributed by atoms with Crippen LogP contribution in [0.2, 0.25) is 0 Å². The van der Waals surface area contributed by atoms with Gasteiger partial charge in [0.2, 0.25) is 0 Å². The molecule has 2 heterocycles. The first-order valence-electron chi connectivity index (χ1n) is 7.67. The van der Waals surface area contributed by atoms with Crippen molar-refractivity contribution in [2.45, 2.75) is 25.9 Å².